The number of carbonyl (C=O) groups is 3. The molecule has 98 valence electrons. The number of aliphatic carboxylic acids is 2. The summed E-state index contributed by atoms with van der Waals surface area (Å²) in [7, 11) is 2.98. The van der Waals surface area contributed by atoms with Crippen LogP contribution in [0.2, 0.25) is 0 Å². The van der Waals surface area contributed by atoms with Gasteiger partial charge in [-0.2, -0.15) is 0 Å². The zero-order valence-corrected chi connectivity index (χ0v) is 10.3. The number of nitrogens with zero attached hydrogens (tertiary/aromatic N) is 1. The Hall–Kier alpha value is -1.59. The molecule has 0 rings (SSSR count). The SMILES string of the molecule is CCCCC(C(=O)N(C)C)C(C(=O)O)C(=O)O. The number of unbranched alkanes of at least 4 members (excludes halogenated alkanes) is 1. The van der Waals surface area contributed by atoms with Crippen LogP contribution in [-0.4, -0.2) is 47.1 Å². The van der Waals surface area contributed by atoms with Crippen LogP contribution in [0.4, 0.5) is 0 Å². The van der Waals surface area contributed by atoms with Gasteiger partial charge >= 0.3 is 11.9 Å². The minimum absolute atomic E-state index is 0.275. The molecule has 1 amide bonds. The normalized spacial score (nSPS) is 12.2. The molecule has 17 heavy (non-hydrogen) atoms. The van der Waals surface area contributed by atoms with Crippen LogP contribution in [0.1, 0.15) is 26.2 Å². The van der Waals surface area contributed by atoms with Gasteiger partial charge in [0.1, 0.15) is 0 Å². The van der Waals surface area contributed by atoms with Crippen molar-refractivity contribution in [3.05, 3.63) is 0 Å². The fourth-order valence-electron chi connectivity index (χ4n) is 1.64. The minimum atomic E-state index is -1.67. The van der Waals surface area contributed by atoms with Crippen LogP contribution >= 0.6 is 0 Å². The van der Waals surface area contributed by atoms with E-state index in [1.54, 1.807) is 0 Å². The topological polar surface area (TPSA) is 94.9 Å². The van der Waals surface area contributed by atoms with Gasteiger partial charge in [0.2, 0.25) is 5.91 Å². The zero-order valence-electron chi connectivity index (χ0n) is 10.3. The van der Waals surface area contributed by atoms with Crippen molar-refractivity contribution in [2.75, 3.05) is 14.1 Å². The second-order valence-electron chi connectivity index (χ2n) is 4.14. The summed E-state index contributed by atoms with van der Waals surface area (Å²) in [4.78, 5) is 34.9. The molecule has 2 N–H and O–H groups in total. The summed E-state index contributed by atoms with van der Waals surface area (Å²) in [5.74, 6) is -6.05. The Kier molecular flexibility index (Phi) is 6.23. The van der Waals surface area contributed by atoms with Gasteiger partial charge in [-0.25, -0.2) is 0 Å². The van der Waals surface area contributed by atoms with Gasteiger partial charge < -0.3 is 15.1 Å². The lowest BCUT2D eigenvalue weighted by atomic mass is 9.86. The van der Waals surface area contributed by atoms with Crippen molar-refractivity contribution < 1.29 is 24.6 Å². The molecule has 0 spiro atoms. The van der Waals surface area contributed by atoms with Crippen molar-refractivity contribution in [3.63, 3.8) is 0 Å². The first-order chi connectivity index (χ1) is 7.82. The molecule has 6 heteroatoms. The second-order valence-corrected chi connectivity index (χ2v) is 4.14. The Morgan fingerprint density at radius 2 is 1.59 bits per heavy atom. The highest BCUT2D eigenvalue weighted by Gasteiger charge is 2.39. The molecule has 0 radical (unpaired) electrons. The molecule has 6 nitrogen and oxygen atoms in total. The number of carboxylic acid groups (broad SMARTS) is 2. The first-order valence-electron chi connectivity index (χ1n) is 5.49. The van der Waals surface area contributed by atoms with E-state index in [0.29, 0.717) is 6.42 Å². The molecule has 0 saturated heterocycles. The predicted molar refractivity (Wildman–Crippen MR) is 60.5 cm³/mol. The van der Waals surface area contributed by atoms with Gasteiger partial charge in [0.15, 0.2) is 5.92 Å². The first-order valence-corrected chi connectivity index (χ1v) is 5.49. The van der Waals surface area contributed by atoms with Crippen LogP contribution in [-0.2, 0) is 14.4 Å². The van der Waals surface area contributed by atoms with Crippen molar-refractivity contribution in [2.24, 2.45) is 11.8 Å². The van der Waals surface area contributed by atoms with Crippen LogP contribution < -0.4 is 0 Å². The lowest BCUT2D eigenvalue weighted by molar-refractivity contribution is -0.161. The predicted octanol–water partition coefficient (Wildman–Crippen LogP) is 0.666. The van der Waals surface area contributed by atoms with Crippen molar-refractivity contribution in [1.29, 1.82) is 0 Å². The van der Waals surface area contributed by atoms with E-state index in [9.17, 15) is 14.4 Å². The molecule has 0 fully saturated rings. The van der Waals surface area contributed by atoms with Gasteiger partial charge in [-0.1, -0.05) is 19.8 Å². The highest BCUT2D eigenvalue weighted by molar-refractivity contribution is 5.98. The molecular weight excluding hydrogens is 226 g/mol. The third-order valence-corrected chi connectivity index (χ3v) is 2.56. The Bertz CT molecular complexity index is 286. The largest absolute Gasteiger partial charge is 0.481 e. The van der Waals surface area contributed by atoms with Crippen molar-refractivity contribution in [2.45, 2.75) is 26.2 Å². The van der Waals surface area contributed by atoms with Crippen molar-refractivity contribution >= 4 is 17.8 Å². The fourth-order valence-corrected chi connectivity index (χ4v) is 1.64. The molecule has 0 saturated carbocycles. The van der Waals surface area contributed by atoms with E-state index in [1.807, 2.05) is 6.92 Å². The lowest BCUT2D eigenvalue weighted by Crippen LogP contribution is -2.41. The third kappa shape index (κ3) is 4.42. The first kappa shape index (κ1) is 15.4. The second kappa shape index (κ2) is 6.88. The molecular formula is C11H19NO5. The number of rotatable bonds is 7. The van der Waals surface area contributed by atoms with Gasteiger partial charge in [0.25, 0.3) is 0 Å². The van der Waals surface area contributed by atoms with Crippen molar-refractivity contribution in [1.82, 2.24) is 4.90 Å². The molecule has 0 bridgehead atoms. The monoisotopic (exact) mass is 245 g/mol. The maximum absolute atomic E-state index is 11.8. The van der Waals surface area contributed by atoms with E-state index in [2.05, 4.69) is 0 Å². The molecule has 0 aliphatic carbocycles. The molecule has 1 atom stereocenters. The van der Waals surface area contributed by atoms with Gasteiger partial charge in [-0.15, -0.1) is 0 Å². The standard InChI is InChI=1S/C11H19NO5/c1-4-5-6-7(9(13)12(2)3)8(10(14)15)11(16)17/h7-8H,4-6H2,1-3H3,(H,14,15)(H,16,17). The smallest absolute Gasteiger partial charge is 0.318 e. The number of carbonyl (C=O) groups excluding carboxylic acids is 1. The van der Waals surface area contributed by atoms with Gasteiger partial charge in [-0.3, -0.25) is 14.4 Å². The van der Waals surface area contributed by atoms with E-state index in [-0.39, 0.29) is 6.42 Å². The van der Waals surface area contributed by atoms with Crippen LogP contribution in [0, 0.1) is 11.8 Å². The maximum Gasteiger partial charge on any atom is 0.318 e. The van der Waals surface area contributed by atoms with E-state index in [4.69, 9.17) is 10.2 Å². The average Bonchev–Trinajstić information content (AvgIpc) is 2.21. The van der Waals surface area contributed by atoms with Gasteiger partial charge in [0, 0.05) is 14.1 Å². The summed E-state index contributed by atoms with van der Waals surface area (Å²) in [6.07, 6.45) is 1.68. The fraction of sp³-hybridized carbons (Fsp3) is 0.727. The van der Waals surface area contributed by atoms with Crippen LogP contribution in [0.3, 0.4) is 0 Å². The quantitative estimate of drug-likeness (QED) is 0.643. The summed E-state index contributed by atoms with van der Waals surface area (Å²) >= 11 is 0. The molecule has 0 aliphatic rings. The van der Waals surface area contributed by atoms with Gasteiger partial charge in [-0.05, 0) is 6.42 Å². The summed E-state index contributed by atoms with van der Waals surface area (Å²) in [6, 6.07) is 0. The van der Waals surface area contributed by atoms with Crippen LogP contribution in [0.25, 0.3) is 0 Å². The summed E-state index contributed by atoms with van der Waals surface area (Å²) < 4.78 is 0. The van der Waals surface area contributed by atoms with Crippen molar-refractivity contribution in [3.8, 4) is 0 Å². The zero-order chi connectivity index (χ0) is 13.6. The van der Waals surface area contributed by atoms with Crippen LogP contribution in [0.5, 0.6) is 0 Å². The maximum atomic E-state index is 11.8. The molecule has 0 aromatic heterocycles. The molecule has 0 aliphatic heterocycles. The molecule has 1 unspecified atom stereocenters. The Morgan fingerprint density at radius 1 is 1.12 bits per heavy atom. The van der Waals surface area contributed by atoms with E-state index >= 15 is 0 Å². The van der Waals surface area contributed by atoms with E-state index in [0.717, 1.165) is 6.42 Å². The number of hydrogen-bond donors (Lipinski definition) is 2. The Morgan fingerprint density at radius 3 is 1.88 bits per heavy atom. The highest BCUT2D eigenvalue weighted by atomic mass is 16.4. The highest BCUT2D eigenvalue weighted by Crippen LogP contribution is 2.21. The summed E-state index contributed by atoms with van der Waals surface area (Å²) in [6.45, 7) is 1.90. The number of hydrogen-bond acceptors (Lipinski definition) is 3. The minimum Gasteiger partial charge on any atom is -0.481 e. The summed E-state index contributed by atoms with van der Waals surface area (Å²) in [5, 5.41) is 17.8. The Labute approximate surface area is 100 Å². The molecule has 0 aromatic rings. The third-order valence-electron chi connectivity index (χ3n) is 2.56. The van der Waals surface area contributed by atoms with E-state index < -0.39 is 29.7 Å². The summed E-state index contributed by atoms with van der Waals surface area (Å²) in [5.41, 5.74) is 0. The molecule has 0 heterocycles. The van der Waals surface area contributed by atoms with Gasteiger partial charge in [0.05, 0.1) is 5.92 Å². The average molecular weight is 245 g/mol. The Balaban J connectivity index is 5.05. The van der Waals surface area contributed by atoms with E-state index in [1.165, 1.54) is 19.0 Å². The number of amides is 1. The number of carboxylic acids is 2. The molecule has 0 aromatic carbocycles. The van der Waals surface area contributed by atoms with Crippen LogP contribution in [0.15, 0.2) is 0 Å². The lowest BCUT2D eigenvalue weighted by Gasteiger charge is -2.23.